The second-order valence-electron chi connectivity index (χ2n) is 4.70. The summed E-state index contributed by atoms with van der Waals surface area (Å²) in [5.41, 5.74) is 1.22. The minimum atomic E-state index is 0.334. The van der Waals surface area contributed by atoms with E-state index in [0.717, 1.165) is 32.1 Å². The predicted molar refractivity (Wildman–Crippen MR) is 78.2 cm³/mol. The first-order valence-electron chi connectivity index (χ1n) is 7.06. The highest BCUT2D eigenvalue weighted by Gasteiger charge is 2.15. The van der Waals surface area contributed by atoms with Gasteiger partial charge in [0.2, 0.25) is 0 Å². The third kappa shape index (κ3) is 4.91. The molecule has 1 heterocycles. The summed E-state index contributed by atoms with van der Waals surface area (Å²) in [6, 6.07) is 10.3. The van der Waals surface area contributed by atoms with E-state index in [1.807, 2.05) is 18.2 Å². The smallest absolute Gasteiger partial charge is 0.191 e. The molecule has 1 aromatic carbocycles. The van der Waals surface area contributed by atoms with E-state index in [9.17, 15) is 0 Å². The summed E-state index contributed by atoms with van der Waals surface area (Å²) >= 11 is 0. The Bertz CT molecular complexity index is 386. The highest BCUT2D eigenvalue weighted by Crippen LogP contribution is 2.10. The van der Waals surface area contributed by atoms with Crippen molar-refractivity contribution in [2.75, 3.05) is 19.7 Å². The predicted octanol–water partition coefficient (Wildman–Crippen LogP) is 1.92. The van der Waals surface area contributed by atoms with E-state index in [2.05, 4.69) is 34.7 Å². The zero-order valence-corrected chi connectivity index (χ0v) is 11.6. The van der Waals surface area contributed by atoms with Gasteiger partial charge in [0.05, 0.1) is 12.6 Å². The first-order valence-corrected chi connectivity index (χ1v) is 7.06. The molecule has 1 saturated heterocycles. The minimum absolute atomic E-state index is 0.334. The molecule has 0 aliphatic carbocycles. The molecule has 1 aliphatic rings. The lowest BCUT2D eigenvalue weighted by Gasteiger charge is -2.14. The van der Waals surface area contributed by atoms with Crippen LogP contribution in [-0.2, 0) is 11.3 Å². The van der Waals surface area contributed by atoms with Gasteiger partial charge in [-0.3, -0.25) is 0 Å². The van der Waals surface area contributed by atoms with Gasteiger partial charge in [-0.15, -0.1) is 0 Å². The van der Waals surface area contributed by atoms with Crippen LogP contribution in [0.15, 0.2) is 35.3 Å². The van der Waals surface area contributed by atoms with Crippen molar-refractivity contribution in [3.63, 3.8) is 0 Å². The zero-order chi connectivity index (χ0) is 13.3. The Hall–Kier alpha value is -1.55. The van der Waals surface area contributed by atoms with Crippen molar-refractivity contribution in [3.05, 3.63) is 35.9 Å². The van der Waals surface area contributed by atoms with Gasteiger partial charge < -0.3 is 15.4 Å². The van der Waals surface area contributed by atoms with Gasteiger partial charge in [0.25, 0.3) is 0 Å². The molecule has 1 unspecified atom stereocenters. The van der Waals surface area contributed by atoms with Crippen molar-refractivity contribution in [3.8, 4) is 0 Å². The summed E-state index contributed by atoms with van der Waals surface area (Å²) in [5.74, 6) is 0.863. The standard InChI is InChI=1S/C15H23N3O/c1-2-16-15(18-12-14-9-6-10-19-14)17-11-13-7-4-3-5-8-13/h3-5,7-8,14H,2,6,9-12H2,1H3,(H2,16,17,18). The molecule has 2 N–H and O–H groups in total. The maximum atomic E-state index is 5.60. The zero-order valence-electron chi connectivity index (χ0n) is 11.6. The molecule has 1 aliphatic heterocycles. The van der Waals surface area contributed by atoms with Crippen LogP contribution in [0.4, 0.5) is 0 Å². The van der Waals surface area contributed by atoms with E-state index >= 15 is 0 Å². The van der Waals surface area contributed by atoms with Crippen molar-refractivity contribution in [1.82, 2.24) is 10.6 Å². The van der Waals surface area contributed by atoms with Gasteiger partial charge in [-0.1, -0.05) is 30.3 Å². The Morgan fingerprint density at radius 2 is 2.16 bits per heavy atom. The molecule has 0 saturated carbocycles. The molecule has 1 aromatic rings. The number of nitrogens with one attached hydrogen (secondary N) is 2. The van der Waals surface area contributed by atoms with Crippen molar-refractivity contribution in [2.24, 2.45) is 4.99 Å². The number of rotatable bonds is 5. The SMILES string of the molecule is CCNC(=NCc1ccccc1)NCC1CCCO1. The Labute approximate surface area is 115 Å². The van der Waals surface area contributed by atoms with Crippen molar-refractivity contribution >= 4 is 5.96 Å². The first-order chi connectivity index (χ1) is 9.38. The largest absolute Gasteiger partial charge is 0.376 e. The lowest BCUT2D eigenvalue weighted by molar-refractivity contribution is 0.114. The summed E-state index contributed by atoms with van der Waals surface area (Å²) in [4.78, 5) is 4.58. The quantitative estimate of drug-likeness (QED) is 0.629. The molecule has 19 heavy (non-hydrogen) atoms. The Balaban J connectivity index is 1.83. The van der Waals surface area contributed by atoms with Gasteiger partial charge in [-0.25, -0.2) is 4.99 Å². The molecule has 0 spiro atoms. The lowest BCUT2D eigenvalue weighted by atomic mass is 10.2. The van der Waals surface area contributed by atoms with Crippen LogP contribution in [0, 0.1) is 0 Å². The fourth-order valence-electron chi connectivity index (χ4n) is 2.11. The third-order valence-electron chi connectivity index (χ3n) is 3.13. The van der Waals surface area contributed by atoms with Crippen LogP contribution in [-0.4, -0.2) is 31.8 Å². The number of nitrogens with zero attached hydrogens (tertiary/aromatic N) is 1. The van der Waals surface area contributed by atoms with Crippen molar-refractivity contribution in [2.45, 2.75) is 32.4 Å². The molecular weight excluding hydrogens is 238 g/mol. The van der Waals surface area contributed by atoms with E-state index in [1.165, 1.54) is 12.0 Å². The van der Waals surface area contributed by atoms with E-state index in [4.69, 9.17) is 4.74 Å². The number of aliphatic imine (C=N–C) groups is 1. The van der Waals surface area contributed by atoms with Gasteiger partial charge in [0.15, 0.2) is 5.96 Å². The molecule has 0 aromatic heterocycles. The van der Waals surface area contributed by atoms with Gasteiger partial charge in [0.1, 0.15) is 0 Å². The number of benzene rings is 1. The summed E-state index contributed by atoms with van der Waals surface area (Å²) in [7, 11) is 0. The maximum absolute atomic E-state index is 5.60. The summed E-state index contributed by atoms with van der Waals surface area (Å²) in [5, 5.41) is 6.61. The summed E-state index contributed by atoms with van der Waals surface area (Å²) in [6.45, 7) is 5.37. The highest BCUT2D eigenvalue weighted by molar-refractivity contribution is 5.79. The Kier molecular flexibility index (Phi) is 5.69. The lowest BCUT2D eigenvalue weighted by Crippen LogP contribution is -2.41. The van der Waals surface area contributed by atoms with E-state index in [1.54, 1.807) is 0 Å². The molecule has 0 radical (unpaired) electrons. The topological polar surface area (TPSA) is 45.7 Å². The number of hydrogen-bond acceptors (Lipinski definition) is 2. The fraction of sp³-hybridized carbons (Fsp3) is 0.533. The molecule has 104 valence electrons. The van der Waals surface area contributed by atoms with Crippen LogP contribution >= 0.6 is 0 Å². The van der Waals surface area contributed by atoms with Crippen LogP contribution < -0.4 is 10.6 Å². The molecule has 1 atom stereocenters. The van der Waals surface area contributed by atoms with Crippen LogP contribution in [0.3, 0.4) is 0 Å². The first kappa shape index (κ1) is 13.9. The fourth-order valence-corrected chi connectivity index (χ4v) is 2.11. The molecule has 0 amide bonds. The number of guanidine groups is 1. The van der Waals surface area contributed by atoms with Gasteiger partial charge >= 0.3 is 0 Å². The molecule has 2 rings (SSSR count). The highest BCUT2D eigenvalue weighted by atomic mass is 16.5. The Morgan fingerprint density at radius 1 is 1.32 bits per heavy atom. The number of ether oxygens (including phenoxy) is 1. The summed E-state index contributed by atoms with van der Waals surface area (Å²) in [6.07, 6.45) is 2.65. The van der Waals surface area contributed by atoms with Crippen LogP contribution in [0.25, 0.3) is 0 Å². The van der Waals surface area contributed by atoms with Crippen molar-refractivity contribution < 1.29 is 4.74 Å². The van der Waals surface area contributed by atoms with Gasteiger partial charge in [-0.05, 0) is 25.3 Å². The molecule has 1 fully saturated rings. The molecular formula is C15H23N3O. The van der Waals surface area contributed by atoms with Crippen LogP contribution in [0.1, 0.15) is 25.3 Å². The Morgan fingerprint density at radius 3 is 2.84 bits per heavy atom. The van der Waals surface area contributed by atoms with Crippen LogP contribution in [0.2, 0.25) is 0 Å². The summed E-state index contributed by atoms with van der Waals surface area (Å²) < 4.78 is 5.60. The molecule has 4 nitrogen and oxygen atoms in total. The van der Waals surface area contributed by atoms with E-state index < -0.39 is 0 Å². The second kappa shape index (κ2) is 7.79. The van der Waals surface area contributed by atoms with Gasteiger partial charge in [0, 0.05) is 19.7 Å². The van der Waals surface area contributed by atoms with E-state index in [0.29, 0.717) is 12.6 Å². The maximum Gasteiger partial charge on any atom is 0.191 e. The minimum Gasteiger partial charge on any atom is -0.376 e. The number of hydrogen-bond donors (Lipinski definition) is 2. The monoisotopic (exact) mass is 261 g/mol. The molecule has 4 heteroatoms. The van der Waals surface area contributed by atoms with Gasteiger partial charge in [-0.2, -0.15) is 0 Å². The third-order valence-corrected chi connectivity index (χ3v) is 3.13. The molecule has 0 bridgehead atoms. The second-order valence-corrected chi connectivity index (χ2v) is 4.70. The van der Waals surface area contributed by atoms with Crippen molar-refractivity contribution in [1.29, 1.82) is 0 Å². The average molecular weight is 261 g/mol. The normalized spacial score (nSPS) is 19.4. The van der Waals surface area contributed by atoms with Crippen LogP contribution in [0.5, 0.6) is 0 Å². The van der Waals surface area contributed by atoms with E-state index in [-0.39, 0.29) is 0 Å². The average Bonchev–Trinajstić information content (AvgIpc) is 2.96.